The Morgan fingerprint density at radius 2 is 1.12 bits per heavy atom. The Hall–Kier alpha value is -2.36. The van der Waals surface area contributed by atoms with E-state index in [1.54, 1.807) is 28.4 Å². The van der Waals surface area contributed by atoms with Crippen LogP contribution in [0.3, 0.4) is 0 Å². The second-order valence-corrected chi connectivity index (χ2v) is 6.71. The molecule has 0 heterocycles. The average Bonchev–Trinajstić information content (AvgIpc) is 3.41. The highest BCUT2D eigenvalue weighted by atomic mass is 16.5. The fourth-order valence-corrected chi connectivity index (χ4v) is 3.40. The minimum absolute atomic E-state index is 0.281. The molecule has 2 aromatic rings. The summed E-state index contributed by atoms with van der Waals surface area (Å²) in [5.41, 5.74) is 2.74. The van der Waals surface area contributed by atoms with Gasteiger partial charge in [-0.25, -0.2) is 0 Å². The number of hydrogen-bond acceptors (Lipinski definition) is 4. The second-order valence-electron chi connectivity index (χ2n) is 6.71. The molecular formula is C21H26O4. The summed E-state index contributed by atoms with van der Waals surface area (Å²) in [6, 6.07) is 12.1. The molecule has 0 aromatic heterocycles. The summed E-state index contributed by atoms with van der Waals surface area (Å²) in [5.74, 6) is 3.43. The number of methoxy groups -OCH3 is 4. The van der Waals surface area contributed by atoms with E-state index in [0.717, 1.165) is 35.8 Å². The summed E-state index contributed by atoms with van der Waals surface area (Å²) in [6.07, 6.45) is 4.43. The lowest BCUT2D eigenvalue weighted by Gasteiger charge is -2.19. The van der Waals surface area contributed by atoms with E-state index in [4.69, 9.17) is 18.9 Å². The van der Waals surface area contributed by atoms with Crippen LogP contribution < -0.4 is 18.9 Å². The first-order valence-corrected chi connectivity index (χ1v) is 8.55. The Labute approximate surface area is 149 Å². The van der Waals surface area contributed by atoms with Crippen LogP contribution in [0.5, 0.6) is 23.0 Å². The van der Waals surface area contributed by atoms with Gasteiger partial charge >= 0.3 is 0 Å². The maximum atomic E-state index is 5.57. The molecule has 0 aliphatic heterocycles. The maximum Gasteiger partial charge on any atom is 0.125 e. The van der Waals surface area contributed by atoms with Crippen LogP contribution in [-0.2, 0) is 12.8 Å². The van der Waals surface area contributed by atoms with Crippen molar-refractivity contribution < 1.29 is 18.9 Å². The van der Waals surface area contributed by atoms with E-state index in [2.05, 4.69) is 12.1 Å². The van der Waals surface area contributed by atoms with E-state index in [1.165, 1.54) is 24.0 Å². The Bertz CT molecular complexity index is 675. The van der Waals surface area contributed by atoms with Crippen LogP contribution in [0.25, 0.3) is 0 Å². The van der Waals surface area contributed by atoms with Gasteiger partial charge in [0.15, 0.2) is 0 Å². The number of rotatable bonds is 8. The van der Waals surface area contributed by atoms with Crippen molar-refractivity contribution in [1.82, 2.24) is 0 Å². The molecule has 0 spiro atoms. The molecule has 4 nitrogen and oxygen atoms in total. The highest BCUT2D eigenvalue weighted by Crippen LogP contribution is 2.53. The SMILES string of the molecule is COc1ccc(CC2(Cc3ccc(OC)cc3OC)CC2)c(OC)c1. The van der Waals surface area contributed by atoms with Crippen molar-refractivity contribution in [2.45, 2.75) is 25.7 Å². The minimum atomic E-state index is 0.281. The third-order valence-corrected chi connectivity index (χ3v) is 5.08. The van der Waals surface area contributed by atoms with E-state index in [1.807, 2.05) is 24.3 Å². The molecule has 1 aliphatic rings. The Morgan fingerprint density at radius 3 is 1.44 bits per heavy atom. The number of hydrogen-bond donors (Lipinski definition) is 0. The van der Waals surface area contributed by atoms with Crippen LogP contribution in [0, 0.1) is 5.41 Å². The van der Waals surface area contributed by atoms with Crippen LogP contribution in [0.4, 0.5) is 0 Å². The summed E-state index contributed by atoms with van der Waals surface area (Å²) in [6.45, 7) is 0. The summed E-state index contributed by atoms with van der Waals surface area (Å²) in [4.78, 5) is 0. The molecule has 134 valence electrons. The zero-order valence-corrected chi connectivity index (χ0v) is 15.4. The first-order valence-electron chi connectivity index (χ1n) is 8.55. The zero-order valence-electron chi connectivity index (χ0n) is 15.4. The van der Waals surface area contributed by atoms with Crippen LogP contribution in [0.15, 0.2) is 36.4 Å². The van der Waals surface area contributed by atoms with E-state index in [-0.39, 0.29) is 5.41 Å². The molecule has 0 atom stereocenters. The van der Waals surface area contributed by atoms with Gasteiger partial charge in [-0.3, -0.25) is 0 Å². The van der Waals surface area contributed by atoms with Crippen LogP contribution in [0.1, 0.15) is 24.0 Å². The highest BCUT2D eigenvalue weighted by molar-refractivity contribution is 5.44. The number of benzene rings is 2. The fourth-order valence-electron chi connectivity index (χ4n) is 3.40. The Balaban J connectivity index is 1.80. The molecule has 0 radical (unpaired) electrons. The van der Waals surface area contributed by atoms with Crippen molar-refractivity contribution in [3.63, 3.8) is 0 Å². The summed E-state index contributed by atoms with van der Waals surface area (Å²) in [5, 5.41) is 0. The van der Waals surface area contributed by atoms with Gasteiger partial charge in [-0.05, 0) is 54.4 Å². The van der Waals surface area contributed by atoms with Gasteiger partial charge in [0, 0.05) is 12.1 Å². The molecule has 0 bridgehead atoms. The zero-order chi connectivity index (χ0) is 17.9. The first-order chi connectivity index (χ1) is 12.1. The van der Waals surface area contributed by atoms with Crippen LogP contribution >= 0.6 is 0 Å². The fraction of sp³-hybridized carbons (Fsp3) is 0.429. The van der Waals surface area contributed by atoms with Gasteiger partial charge in [-0.1, -0.05) is 12.1 Å². The lowest BCUT2D eigenvalue weighted by atomic mass is 9.89. The molecular weight excluding hydrogens is 316 g/mol. The molecule has 1 fully saturated rings. The highest BCUT2D eigenvalue weighted by Gasteiger charge is 2.43. The predicted molar refractivity (Wildman–Crippen MR) is 98.2 cm³/mol. The van der Waals surface area contributed by atoms with Gasteiger partial charge < -0.3 is 18.9 Å². The Kier molecular flexibility index (Phi) is 5.07. The van der Waals surface area contributed by atoms with Crippen molar-refractivity contribution in [1.29, 1.82) is 0 Å². The lowest BCUT2D eigenvalue weighted by Crippen LogP contribution is -2.11. The van der Waals surface area contributed by atoms with Gasteiger partial charge in [-0.2, -0.15) is 0 Å². The minimum Gasteiger partial charge on any atom is -0.497 e. The molecule has 4 heteroatoms. The molecule has 0 unspecified atom stereocenters. The molecule has 3 rings (SSSR count). The van der Waals surface area contributed by atoms with Gasteiger partial charge in [-0.15, -0.1) is 0 Å². The summed E-state index contributed by atoms with van der Waals surface area (Å²) < 4.78 is 21.7. The Morgan fingerprint density at radius 1 is 0.680 bits per heavy atom. The molecule has 1 aliphatic carbocycles. The largest absolute Gasteiger partial charge is 0.497 e. The normalized spacial score (nSPS) is 14.7. The summed E-state index contributed by atoms with van der Waals surface area (Å²) >= 11 is 0. The van der Waals surface area contributed by atoms with Gasteiger partial charge in [0.1, 0.15) is 23.0 Å². The third kappa shape index (κ3) is 3.84. The van der Waals surface area contributed by atoms with Gasteiger partial charge in [0.2, 0.25) is 0 Å². The van der Waals surface area contributed by atoms with Crippen molar-refractivity contribution in [2.75, 3.05) is 28.4 Å². The standard InChI is InChI=1S/C21H26O4/c1-22-17-7-5-15(19(11-17)24-3)13-21(9-10-21)14-16-6-8-18(23-2)12-20(16)25-4/h5-8,11-12H,9-10,13-14H2,1-4H3. The summed E-state index contributed by atoms with van der Waals surface area (Å²) in [7, 11) is 6.77. The molecule has 25 heavy (non-hydrogen) atoms. The maximum absolute atomic E-state index is 5.57. The van der Waals surface area contributed by atoms with E-state index >= 15 is 0 Å². The van der Waals surface area contributed by atoms with E-state index in [9.17, 15) is 0 Å². The topological polar surface area (TPSA) is 36.9 Å². The van der Waals surface area contributed by atoms with Crippen molar-refractivity contribution in [2.24, 2.45) is 5.41 Å². The van der Waals surface area contributed by atoms with Gasteiger partial charge in [0.25, 0.3) is 0 Å². The van der Waals surface area contributed by atoms with Gasteiger partial charge in [0.05, 0.1) is 28.4 Å². The third-order valence-electron chi connectivity index (χ3n) is 5.08. The predicted octanol–water partition coefficient (Wildman–Crippen LogP) is 4.29. The average molecular weight is 342 g/mol. The van der Waals surface area contributed by atoms with Crippen molar-refractivity contribution >= 4 is 0 Å². The van der Waals surface area contributed by atoms with Crippen molar-refractivity contribution in [3.05, 3.63) is 47.5 Å². The lowest BCUT2D eigenvalue weighted by molar-refractivity contribution is 0.379. The molecule has 0 saturated heterocycles. The molecule has 0 amide bonds. The number of ether oxygens (including phenoxy) is 4. The molecule has 1 saturated carbocycles. The molecule has 0 N–H and O–H groups in total. The van der Waals surface area contributed by atoms with E-state index < -0.39 is 0 Å². The monoisotopic (exact) mass is 342 g/mol. The van der Waals surface area contributed by atoms with Crippen LogP contribution in [0.2, 0.25) is 0 Å². The van der Waals surface area contributed by atoms with Crippen molar-refractivity contribution in [3.8, 4) is 23.0 Å². The second kappa shape index (κ2) is 7.26. The molecule has 2 aromatic carbocycles. The first kappa shape index (κ1) is 17.5. The van der Waals surface area contributed by atoms with E-state index in [0.29, 0.717) is 0 Å². The quantitative estimate of drug-likeness (QED) is 0.717. The smallest absolute Gasteiger partial charge is 0.125 e. The van der Waals surface area contributed by atoms with Crippen LogP contribution in [-0.4, -0.2) is 28.4 Å².